The molecule has 0 saturated carbocycles. The molecule has 7 nitrogen and oxygen atoms in total. The molecule has 11 aromatic carbocycles. The van der Waals surface area contributed by atoms with Gasteiger partial charge in [0.25, 0.3) is 0 Å². The molecule has 17 rings (SSSR count). The Kier molecular flexibility index (Phi) is 9.42. The summed E-state index contributed by atoms with van der Waals surface area (Å²) in [6, 6.07) is 74.5. The van der Waals surface area contributed by atoms with Crippen molar-refractivity contribution in [3.8, 4) is 28.8 Å². The lowest BCUT2D eigenvalue weighted by atomic mass is 9.86. The van der Waals surface area contributed by atoms with Gasteiger partial charge in [-0.1, -0.05) is 154 Å². The monoisotopic (exact) mass is 1070 g/mol. The largest absolute Gasteiger partial charge is 0.454 e. The van der Waals surface area contributed by atoms with Crippen LogP contribution >= 0.6 is 11.3 Å². The standard InChI is InChI=1S/C74H48N6OS/c1-41-37-54-51-33-35-53-49-24-12-18-30-64(49)82-73(53)69(51)80(62(54)38-42(41)2)71-67(77-57-25-13-7-19-44(57)45-20-8-14-26-58(45)77)56(40-75)66(65(76-6)70(71)78-59-27-15-9-21-46(59)47-22-10-16-28-60(47)78)79-61-36-31-43(74(3,4)5)39-55(61)50-32-34-52-48-23-11-17-29-63(48)81-72(52)68(50)79/h7-39H,1-5H3. The summed E-state index contributed by atoms with van der Waals surface area (Å²) in [6.45, 7) is 21.2. The van der Waals surface area contributed by atoms with E-state index in [-0.39, 0.29) is 5.41 Å². The molecule has 0 unspecified atom stereocenters. The highest BCUT2D eigenvalue weighted by molar-refractivity contribution is 7.26. The number of hydrogen-bond donors (Lipinski definition) is 0. The molecular weight excluding hydrogens is 1020 g/mol. The third-order valence-electron chi connectivity index (χ3n) is 17.7. The van der Waals surface area contributed by atoms with Crippen molar-refractivity contribution in [1.82, 2.24) is 18.3 Å². The number of para-hydroxylation sites is 5. The third-order valence-corrected chi connectivity index (χ3v) is 18.9. The van der Waals surface area contributed by atoms with Crippen LogP contribution in [0.15, 0.2) is 205 Å². The Balaban J connectivity index is 1.22. The molecule has 0 aliphatic heterocycles. The fourth-order valence-corrected chi connectivity index (χ4v) is 15.1. The number of thiophene rings is 1. The fraction of sp³-hybridized carbons (Fsp3) is 0.0811. The van der Waals surface area contributed by atoms with Gasteiger partial charge in [-0.2, -0.15) is 5.26 Å². The topological polar surface area (TPSA) is 61.0 Å². The van der Waals surface area contributed by atoms with Gasteiger partial charge in [-0.25, -0.2) is 4.85 Å². The van der Waals surface area contributed by atoms with Crippen molar-refractivity contribution in [2.24, 2.45) is 0 Å². The molecule has 0 atom stereocenters. The highest BCUT2D eigenvalue weighted by Gasteiger charge is 2.36. The van der Waals surface area contributed by atoms with Gasteiger partial charge in [0.2, 0.25) is 5.69 Å². The van der Waals surface area contributed by atoms with Crippen LogP contribution in [0.1, 0.15) is 43.0 Å². The van der Waals surface area contributed by atoms with E-state index in [1.54, 1.807) is 11.3 Å². The van der Waals surface area contributed by atoms with E-state index in [2.05, 4.69) is 247 Å². The van der Waals surface area contributed by atoms with Crippen LogP contribution in [-0.2, 0) is 5.41 Å². The summed E-state index contributed by atoms with van der Waals surface area (Å²) in [4.78, 5) is 4.91. The van der Waals surface area contributed by atoms with Gasteiger partial charge in [0.1, 0.15) is 11.7 Å². The maximum Gasteiger partial charge on any atom is 0.237 e. The Morgan fingerprint density at radius 3 is 1.56 bits per heavy atom. The highest BCUT2D eigenvalue weighted by Crippen LogP contribution is 2.54. The van der Waals surface area contributed by atoms with Crippen LogP contribution in [0.5, 0.6) is 0 Å². The molecule has 0 aliphatic rings. The second kappa shape index (κ2) is 16.6. The Morgan fingerprint density at radius 2 is 0.939 bits per heavy atom. The van der Waals surface area contributed by atoms with Gasteiger partial charge in [-0.3, -0.25) is 0 Å². The minimum atomic E-state index is -0.181. The Morgan fingerprint density at radius 1 is 0.439 bits per heavy atom. The zero-order valence-corrected chi connectivity index (χ0v) is 46.4. The fourth-order valence-electron chi connectivity index (χ4n) is 13.8. The second-order valence-corrected chi connectivity index (χ2v) is 24.1. The van der Waals surface area contributed by atoms with Crippen molar-refractivity contribution in [2.75, 3.05) is 0 Å². The van der Waals surface area contributed by atoms with Crippen LogP contribution in [0.3, 0.4) is 0 Å². The molecule has 17 aromatic rings. The van der Waals surface area contributed by atoms with Crippen LogP contribution in [0.4, 0.5) is 5.69 Å². The van der Waals surface area contributed by atoms with Gasteiger partial charge >= 0.3 is 0 Å². The SMILES string of the molecule is [C-]#[N+]c1c(-n2c3ccccc3c3ccccc32)c(-n2c3cc(C)c(C)cc3c3ccc4c5ccccc5sc4c32)c(-n2c3ccccc3c3ccccc32)c(C#N)c1-n1c2ccc(C(C)(C)C)cc2c2ccc3c4ccccc4oc3c21. The number of benzene rings is 11. The lowest BCUT2D eigenvalue weighted by molar-refractivity contribution is 0.591. The molecule has 6 aromatic heterocycles. The average Bonchev–Trinajstić information content (AvgIpc) is 2.81. The van der Waals surface area contributed by atoms with Crippen molar-refractivity contribution >= 4 is 146 Å². The number of rotatable bonds is 4. The van der Waals surface area contributed by atoms with Gasteiger partial charge in [-0.05, 0) is 103 Å². The van der Waals surface area contributed by atoms with Gasteiger partial charge < -0.3 is 22.7 Å². The maximum atomic E-state index is 12.9. The van der Waals surface area contributed by atoms with Gasteiger partial charge in [0.05, 0.1) is 83.7 Å². The number of fused-ring (bicyclic) bond motifs is 20. The molecule has 82 heavy (non-hydrogen) atoms. The van der Waals surface area contributed by atoms with Crippen LogP contribution in [-0.4, -0.2) is 18.3 Å². The first-order valence-electron chi connectivity index (χ1n) is 27.8. The number of aromatic nitrogens is 4. The molecule has 0 saturated heterocycles. The summed E-state index contributed by atoms with van der Waals surface area (Å²) in [5.74, 6) is 0. The summed E-state index contributed by atoms with van der Waals surface area (Å²) < 4.78 is 18.8. The molecule has 0 radical (unpaired) electrons. The van der Waals surface area contributed by atoms with E-state index in [9.17, 15) is 11.8 Å². The zero-order valence-electron chi connectivity index (χ0n) is 45.6. The quantitative estimate of drug-likeness (QED) is 0.165. The first kappa shape index (κ1) is 46.5. The molecule has 386 valence electrons. The summed E-state index contributed by atoms with van der Waals surface area (Å²) >= 11 is 1.80. The molecule has 0 fully saturated rings. The number of furan rings is 1. The zero-order chi connectivity index (χ0) is 55.0. The lowest BCUT2D eigenvalue weighted by Crippen LogP contribution is -2.15. The van der Waals surface area contributed by atoms with Crippen molar-refractivity contribution in [1.29, 1.82) is 5.26 Å². The second-order valence-electron chi connectivity index (χ2n) is 23.1. The molecule has 8 heteroatoms. The van der Waals surface area contributed by atoms with E-state index in [4.69, 9.17) is 9.26 Å². The average molecular weight is 1070 g/mol. The summed E-state index contributed by atoms with van der Waals surface area (Å²) in [5, 5.41) is 25.6. The Hall–Kier alpha value is -10.4. The van der Waals surface area contributed by atoms with Crippen LogP contribution in [0.25, 0.3) is 157 Å². The third kappa shape index (κ3) is 6.06. The minimum Gasteiger partial charge on any atom is -0.454 e. The molecule has 0 bridgehead atoms. The minimum absolute atomic E-state index is 0.181. The summed E-state index contributed by atoms with van der Waals surface area (Å²) in [6.07, 6.45) is 0. The van der Waals surface area contributed by atoms with Gasteiger partial charge in [0.15, 0.2) is 5.58 Å². The predicted octanol–water partition coefficient (Wildman–Crippen LogP) is 20.7. The Bertz CT molecular complexity index is 5550. The van der Waals surface area contributed by atoms with E-state index in [1.807, 2.05) is 12.1 Å². The van der Waals surface area contributed by atoms with Gasteiger partial charge in [0, 0.05) is 69.3 Å². The van der Waals surface area contributed by atoms with Crippen molar-refractivity contribution < 1.29 is 4.42 Å². The van der Waals surface area contributed by atoms with E-state index in [1.165, 1.54) is 21.2 Å². The summed E-state index contributed by atoms with van der Waals surface area (Å²) in [5.41, 5.74) is 15.4. The number of nitrogens with zero attached hydrogens (tertiary/aromatic N) is 6. The van der Waals surface area contributed by atoms with Crippen LogP contribution in [0.2, 0.25) is 0 Å². The smallest absolute Gasteiger partial charge is 0.237 e. The maximum absolute atomic E-state index is 12.9. The molecule has 0 N–H and O–H groups in total. The predicted molar refractivity (Wildman–Crippen MR) is 343 cm³/mol. The number of aryl methyl sites for hydroxylation is 2. The Labute approximate surface area is 474 Å². The molecule has 0 spiro atoms. The molecular formula is C74H48N6OS. The molecule has 6 heterocycles. The van der Waals surface area contributed by atoms with Gasteiger partial charge in [-0.15, -0.1) is 11.3 Å². The normalized spacial score (nSPS) is 12.4. The van der Waals surface area contributed by atoms with E-state index in [0.717, 1.165) is 125 Å². The van der Waals surface area contributed by atoms with Crippen molar-refractivity contribution in [2.45, 2.75) is 40.0 Å². The molecule has 0 amide bonds. The van der Waals surface area contributed by atoms with E-state index < -0.39 is 0 Å². The van der Waals surface area contributed by atoms with E-state index >= 15 is 0 Å². The first-order valence-corrected chi connectivity index (χ1v) is 28.7. The van der Waals surface area contributed by atoms with Crippen molar-refractivity contribution in [3.63, 3.8) is 0 Å². The summed E-state index contributed by atoms with van der Waals surface area (Å²) in [7, 11) is 0. The lowest BCUT2D eigenvalue weighted by Gasteiger charge is -2.27. The number of hydrogen-bond acceptors (Lipinski definition) is 3. The van der Waals surface area contributed by atoms with Crippen molar-refractivity contribution in [3.05, 3.63) is 234 Å². The first-order chi connectivity index (χ1) is 40.1. The number of nitriles is 1. The highest BCUT2D eigenvalue weighted by atomic mass is 32.1. The van der Waals surface area contributed by atoms with Crippen LogP contribution in [0, 0.1) is 31.8 Å². The van der Waals surface area contributed by atoms with E-state index in [0.29, 0.717) is 33.9 Å². The van der Waals surface area contributed by atoms with Crippen LogP contribution < -0.4 is 0 Å². The molecule has 0 aliphatic carbocycles.